The van der Waals surface area contributed by atoms with Gasteiger partial charge >= 0.3 is 12.1 Å². The predicted octanol–water partition coefficient (Wildman–Crippen LogP) is 4.52. The maximum atomic E-state index is 12.9. The Hall–Kier alpha value is -4.43. The Morgan fingerprint density at radius 1 is 0.900 bits per heavy atom. The molecule has 0 unspecified atom stereocenters. The Morgan fingerprint density at radius 2 is 1.48 bits per heavy atom. The molecule has 10 nitrogen and oxygen atoms in total. The summed E-state index contributed by atoms with van der Waals surface area (Å²) in [5.74, 6) is -3.20. The molecule has 0 bridgehead atoms. The first-order valence-corrected chi connectivity index (χ1v) is 13.2. The number of carbonyl (C=O) groups excluding carboxylic acids is 1. The third kappa shape index (κ3) is 8.81. The lowest BCUT2D eigenvalue weighted by Gasteiger charge is -2.26. The molecule has 0 aliphatic rings. The molecule has 0 aliphatic carbocycles. The van der Waals surface area contributed by atoms with Gasteiger partial charge in [-0.15, -0.1) is 0 Å². The normalized spacial score (nSPS) is 11.5. The Kier molecular flexibility index (Phi) is 10.0. The van der Waals surface area contributed by atoms with Crippen LogP contribution in [0.1, 0.15) is 19.4 Å². The lowest BCUT2D eigenvalue weighted by Crippen LogP contribution is -2.44. The number of carboxylic acid groups (broad SMARTS) is 1. The van der Waals surface area contributed by atoms with Crippen LogP contribution >= 0.6 is 0 Å². The lowest BCUT2D eigenvalue weighted by molar-refractivity contribution is -0.192. The first-order valence-electron chi connectivity index (χ1n) is 11.3. The molecule has 0 saturated carbocycles. The van der Waals surface area contributed by atoms with E-state index in [1.807, 2.05) is 0 Å². The van der Waals surface area contributed by atoms with Gasteiger partial charge in [0.1, 0.15) is 11.4 Å². The van der Waals surface area contributed by atoms with Gasteiger partial charge in [0.05, 0.1) is 4.90 Å². The van der Waals surface area contributed by atoms with E-state index in [9.17, 15) is 26.4 Å². The fourth-order valence-electron chi connectivity index (χ4n) is 3.28. The fourth-order valence-corrected chi connectivity index (χ4v) is 4.19. The second-order valence-corrected chi connectivity index (χ2v) is 10.9. The number of amidine groups is 1. The number of carboxylic acids is 1. The molecule has 0 fully saturated rings. The molecule has 3 aromatic rings. The molecular formula is C26H27F3N4O6S. The summed E-state index contributed by atoms with van der Waals surface area (Å²) in [5.41, 5.74) is 3.77. The minimum absolute atomic E-state index is 0.154. The van der Waals surface area contributed by atoms with Crippen molar-refractivity contribution >= 4 is 38.9 Å². The summed E-state index contributed by atoms with van der Waals surface area (Å²) in [6, 6.07) is 20.5. The molecule has 0 atom stereocenters. The van der Waals surface area contributed by atoms with Gasteiger partial charge in [-0.05, 0) is 49.7 Å². The van der Waals surface area contributed by atoms with Gasteiger partial charge in [0, 0.05) is 28.8 Å². The zero-order valence-electron chi connectivity index (χ0n) is 21.5. The number of rotatable bonds is 7. The van der Waals surface area contributed by atoms with E-state index in [0.717, 1.165) is 5.56 Å². The van der Waals surface area contributed by atoms with Gasteiger partial charge in [-0.3, -0.25) is 20.9 Å². The maximum Gasteiger partial charge on any atom is 0.490 e. The predicted molar refractivity (Wildman–Crippen MR) is 143 cm³/mol. The molecule has 0 spiro atoms. The van der Waals surface area contributed by atoms with Gasteiger partial charge in [0.25, 0.3) is 0 Å². The van der Waals surface area contributed by atoms with Crippen molar-refractivity contribution in [2.24, 2.45) is 0 Å². The monoisotopic (exact) mass is 580 g/mol. The number of carbonyl (C=O) groups is 2. The minimum Gasteiger partial charge on any atom is -0.475 e. The second-order valence-electron chi connectivity index (χ2n) is 8.92. The maximum absolute atomic E-state index is 12.9. The van der Waals surface area contributed by atoms with Crippen molar-refractivity contribution in [1.29, 1.82) is 5.41 Å². The number of hydroxylamine groups is 1. The van der Waals surface area contributed by atoms with Crippen LogP contribution in [0.4, 0.5) is 24.5 Å². The molecule has 3 aromatic carbocycles. The number of aliphatic carboxylic acids is 1. The highest BCUT2D eigenvalue weighted by Crippen LogP contribution is 2.28. The third-order valence-corrected chi connectivity index (χ3v) is 6.43. The van der Waals surface area contributed by atoms with Crippen LogP contribution < -0.4 is 16.1 Å². The smallest absolute Gasteiger partial charge is 0.475 e. The van der Waals surface area contributed by atoms with Crippen molar-refractivity contribution in [1.82, 2.24) is 5.48 Å². The fraction of sp³-hybridized carbons (Fsp3) is 0.192. The summed E-state index contributed by atoms with van der Waals surface area (Å²) in [7, 11) is -3.38. The number of halogens is 3. The van der Waals surface area contributed by atoms with Crippen LogP contribution in [0.25, 0.3) is 11.1 Å². The third-order valence-electron chi connectivity index (χ3n) is 5.27. The lowest BCUT2D eigenvalue weighted by atomic mass is 10.0. The molecule has 0 radical (unpaired) electrons. The second kappa shape index (κ2) is 12.6. The van der Waals surface area contributed by atoms with Gasteiger partial charge < -0.3 is 15.7 Å². The number of nitrogens with one attached hydrogen (secondary N) is 4. The highest BCUT2D eigenvalue weighted by molar-refractivity contribution is 7.90. The van der Waals surface area contributed by atoms with Crippen LogP contribution in [0, 0.1) is 5.41 Å². The van der Waals surface area contributed by atoms with Crippen molar-refractivity contribution in [3.05, 3.63) is 78.4 Å². The number of alkyl halides is 3. The van der Waals surface area contributed by atoms with Crippen molar-refractivity contribution < 1.29 is 41.5 Å². The van der Waals surface area contributed by atoms with E-state index in [4.69, 9.17) is 20.5 Å². The van der Waals surface area contributed by atoms with Crippen molar-refractivity contribution in [2.45, 2.75) is 30.5 Å². The molecule has 3 rings (SSSR count). The highest BCUT2D eigenvalue weighted by atomic mass is 32.2. The van der Waals surface area contributed by atoms with Crippen molar-refractivity contribution in [3.63, 3.8) is 0 Å². The highest BCUT2D eigenvalue weighted by Gasteiger charge is 2.38. The zero-order chi connectivity index (χ0) is 30.3. The Morgan fingerprint density at radius 3 is 2.00 bits per heavy atom. The average molecular weight is 581 g/mol. The van der Waals surface area contributed by atoms with E-state index in [1.165, 1.54) is 6.26 Å². The molecule has 0 aliphatic heterocycles. The minimum atomic E-state index is -5.08. The van der Waals surface area contributed by atoms with Gasteiger partial charge in [-0.2, -0.15) is 13.2 Å². The Bertz CT molecular complexity index is 1490. The summed E-state index contributed by atoms with van der Waals surface area (Å²) in [5, 5.41) is 29.7. The summed E-state index contributed by atoms with van der Waals surface area (Å²) in [6.07, 6.45) is -3.91. The van der Waals surface area contributed by atoms with Crippen molar-refractivity contribution in [2.75, 3.05) is 16.9 Å². The molecule has 0 heterocycles. The van der Waals surface area contributed by atoms with Gasteiger partial charge in [-0.1, -0.05) is 42.5 Å². The molecule has 0 aromatic heterocycles. The molecular weight excluding hydrogens is 553 g/mol. The molecule has 0 saturated heterocycles. The molecule has 1 amide bonds. The quantitative estimate of drug-likeness (QED) is 0.135. The van der Waals surface area contributed by atoms with Gasteiger partial charge in [0.15, 0.2) is 9.84 Å². The SMILES string of the molecule is CC(C)(Nc1cccc(C(=N)NO)c1)C(=O)Nc1ccc(-c2ccccc2S(C)(=O)=O)cc1.O=C(O)C(F)(F)F. The topological polar surface area (TPSA) is 169 Å². The summed E-state index contributed by atoms with van der Waals surface area (Å²) < 4.78 is 55.9. The first-order chi connectivity index (χ1) is 18.5. The number of benzene rings is 3. The van der Waals surface area contributed by atoms with Crippen LogP contribution in [-0.4, -0.2) is 54.4 Å². The standard InChI is InChI=1S/C24H26N4O4S.C2HF3O2/c1-24(2,27-19-8-6-7-17(15-19)22(25)28-30)23(29)26-18-13-11-16(12-14-18)20-9-4-5-10-21(20)33(3,31)32;3-2(4,5)1(6)7/h4-15,27,30H,1-3H3,(H2,25,28)(H,26,29);(H,6,7). The number of anilines is 2. The number of hydrogen-bond donors (Lipinski definition) is 6. The van der Waals surface area contributed by atoms with Crippen LogP contribution in [0.15, 0.2) is 77.7 Å². The van der Waals surface area contributed by atoms with Gasteiger partial charge in [0.2, 0.25) is 5.91 Å². The van der Waals surface area contributed by atoms with E-state index in [-0.39, 0.29) is 16.6 Å². The number of sulfone groups is 1. The van der Waals surface area contributed by atoms with E-state index >= 15 is 0 Å². The van der Waals surface area contributed by atoms with E-state index in [2.05, 4.69) is 10.6 Å². The number of amides is 1. The Balaban J connectivity index is 0.000000708. The first kappa shape index (κ1) is 31.8. The number of hydrogen-bond acceptors (Lipinski definition) is 7. The molecule has 40 heavy (non-hydrogen) atoms. The molecule has 214 valence electrons. The summed E-state index contributed by atoms with van der Waals surface area (Å²) in [6.45, 7) is 3.45. The molecule has 6 N–H and O–H groups in total. The van der Waals surface area contributed by atoms with E-state index in [0.29, 0.717) is 22.5 Å². The largest absolute Gasteiger partial charge is 0.490 e. The Labute approximate surface area is 228 Å². The van der Waals surface area contributed by atoms with E-state index < -0.39 is 27.5 Å². The van der Waals surface area contributed by atoms with Gasteiger partial charge in [-0.25, -0.2) is 13.2 Å². The average Bonchev–Trinajstić information content (AvgIpc) is 2.88. The van der Waals surface area contributed by atoms with Crippen LogP contribution in [-0.2, 0) is 19.4 Å². The zero-order valence-corrected chi connectivity index (χ0v) is 22.3. The molecule has 14 heteroatoms. The summed E-state index contributed by atoms with van der Waals surface area (Å²) >= 11 is 0. The summed E-state index contributed by atoms with van der Waals surface area (Å²) in [4.78, 5) is 22.1. The van der Waals surface area contributed by atoms with Crippen LogP contribution in [0.5, 0.6) is 0 Å². The van der Waals surface area contributed by atoms with Crippen LogP contribution in [0.3, 0.4) is 0 Å². The van der Waals surface area contributed by atoms with Crippen LogP contribution in [0.2, 0.25) is 0 Å². The van der Waals surface area contributed by atoms with E-state index in [1.54, 1.807) is 92.1 Å². The van der Waals surface area contributed by atoms with Crippen molar-refractivity contribution in [3.8, 4) is 11.1 Å².